The zero-order valence-electron chi connectivity index (χ0n) is 8.42. The van der Waals surface area contributed by atoms with Crippen LogP contribution in [0.2, 0.25) is 0 Å². The molecule has 80 valence electrons. The molecule has 4 heteroatoms. The molecule has 2 nitrogen and oxygen atoms in total. The summed E-state index contributed by atoms with van der Waals surface area (Å²) in [6.45, 7) is 4.07. The van der Waals surface area contributed by atoms with Gasteiger partial charge in [0.05, 0.1) is 5.75 Å². The lowest BCUT2D eigenvalue weighted by atomic mass is 10.3. The Morgan fingerprint density at radius 2 is 1.69 bits per heavy atom. The molecule has 1 atom stereocenters. The largest absolute Gasteiger partial charge is 0.228 e. The molecular formula is C9H19BrO2S. The van der Waals surface area contributed by atoms with Crippen molar-refractivity contribution in [1.82, 2.24) is 0 Å². The maximum atomic E-state index is 11.5. The summed E-state index contributed by atoms with van der Waals surface area (Å²) in [6, 6.07) is 0. The molecule has 0 aliphatic rings. The molecule has 1 unspecified atom stereocenters. The Bertz CT molecular complexity index is 212. The lowest BCUT2D eigenvalue weighted by molar-refractivity contribution is 0.584. The number of rotatable bonds is 7. The average molecular weight is 271 g/mol. The van der Waals surface area contributed by atoms with Crippen LogP contribution in [-0.2, 0) is 9.84 Å². The molecule has 0 amide bonds. The smallest absolute Gasteiger partial charge is 0.163 e. The molecule has 0 saturated heterocycles. The van der Waals surface area contributed by atoms with Gasteiger partial charge >= 0.3 is 0 Å². The third kappa shape index (κ3) is 5.68. The number of halogens is 1. The van der Waals surface area contributed by atoms with Gasteiger partial charge in [0, 0.05) is 0 Å². The minimum atomic E-state index is -2.88. The molecular weight excluding hydrogens is 252 g/mol. The molecule has 0 aliphatic carbocycles. The van der Waals surface area contributed by atoms with Crippen molar-refractivity contribution in [2.45, 2.75) is 50.1 Å². The van der Waals surface area contributed by atoms with Crippen molar-refractivity contribution in [3.8, 4) is 0 Å². The monoisotopic (exact) mass is 270 g/mol. The minimum absolute atomic E-state index is 0.323. The Labute approximate surface area is 90.2 Å². The van der Waals surface area contributed by atoms with Crippen LogP contribution in [0.15, 0.2) is 0 Å². The molecule has 0 bridgehead atoms. The van der Waals surface area contributed by atoms with Crippen molar-refractivity contribution in [3.63, 3.8) is 0 Å². The van der Waals surface area contributed by atoms with E-state index in [1.165, 1.54) is 0 Å². The van der Waals surface area contributed by atoms with Crippen LogP contribution in [0.4, 0.5) is 0 Å². The Kier molecular flexibility index (Phi) is 7.05. The molecule has 0 fully saturated rings. The molecule has 0 spiro atoms. The van der Waals surface area contributed by atoms with Crippen molar-refractivity contribution >= 4 is 25.8 Å². The summed E-state index contributed by atoms with van der Waals surface area (Å²) in [5, 5.41) is 0. The first-order valence-corrected chi connectivity index (χ1v) is 7.53. The minimum Gasteiger partial charge on any atom is -0.228 e. The highest BCUT2D eigenvalue weighted by molar-refractivity contribution is 9.11. The number of hydrogen-bond donors (Lipinski definition) is 0. The molecule has 0 radical (unpaired) electrons. The maximum absolute atomic E-state index is 11.5. The fourth-order valence-electron chi connectivity index (χ4n) is 1.02. The van der Waals surface area contributed by atoms with Crippen LogP contribution in [-0.4, -0.2) is 18.3 Å². The van der Waals surface area contributed by atoms with Crippen molar-refractivity contribution < 1.29 is 8.42 Å². The van der Waals surface area contributed by atoms with Crippen molar-refractivity contribution in [2.75, 3.05) is 5.75 Å². The molecule has 0 aromatic rings. The molecule has 0 heterocycles. The normalized spacial score (nSPS) is 14.4. The van der Waals surface area contributed by atoms with E-state index in [0.29, 0.717) is 5.75 Å². The summed E-state index contributed by atoms with van der Waals surface area (Å²) < 4.78 is 22.8. The molecule has 0 aliphatic heterocycles. The average Bonchev–Trinajstić information content (AvgIpc) is 2.10. The summed E-state index contributed by atoms with van der Waals surface area (Å²) in [4.78, 5) is 0. The lowest BCUT2D eigenvalue weighted by Gasteiger charge is -2.09. The third-order valence-electron chi connectivity index (χ3n) is 1.96. The van der Waals surface area contributed by atoms with E-state index in [0.717, 1.165) is 32.1 Å². The third-order valence-corrected chi connectivity index (χ3v) is 6.00. The van der Waals surface area contributed by atoms with E-state index in [-0.39, 0.29) is 4.16 Å². The summed E-state index contributed by atoms with van der Waals surface area (Å²) in [7, 11) is -2.88. The Balaban J connectivity index is 3.96. The highest BCUT2D eigenvalue weighted by Crippen LogP contribution is 2.18. The van der Waals surface area contributed by atoms with E-state index in [4.69, 9.17) is 0 Å². The van der Waals surface area contributed by atoms with Gasteiger partial charge < -0.3 is 0 Å². The van der Waals surface area contributed by atoms with E-state index in [1.807, 2.05) is 6.92 Å². The summed E-state index contributed by atoms with van der Waals surface area (Å²) in [5.74, 6) is 0.323. The van der Waals surface area contributed by atoms with Gasteiger partial charge in [-0.2, -0.15) is 0 Å². The fraction of sp³-hybridized carbons (Fsp3) is 1.00. The van der Waals surface area contributed by atoms with Gasteiger partial charge in [0.2, 0.25) is 0 Å². The first kappa shape index (κ1) is 13.4. The zero-order valence-corrected chi connectivity index (χ0v) is 10.8. The summed E-state index contributed by atoms with van der Waals surface area (Å²) in [5.41, 5.74) is 0. The first-order chi connectivity index (χ1) is 6.04. The van der Waals surface area contributed by atoms with Crippen LogP contribution >= 0.6 is 15.9 Å². The maximum Gasteiger partial charge on any atom is 0.163 e. The lowest BCUT2D eigenvalue weighted by Crippen LogP contribution is -2.18. The van der Waals surface area contributed by atoms with Crippen LogP contribution in [0.1, 0.15) is 46.0 Å². The van der Waals surface area contributed by atoms with E-state index >= 15 is 0 Å². The standard InChI is InChI=1S/C9H19BrO2S/c1-3-5-7-9(10)13(11,12)8-6-4-2/h9H,3-8H2,1-2H3. The second kappa shape index (κ2) is 6.82. The predicted octanol–water partition coefficient (Wildman–Crippen LogP) is 3.11. The Morgan fingerprint density at radius 1 is 1.15 bits per heavy atom. The van der Waals surface area contributed by atoms with Crippen molar-refractivity contribution in [2.24, 2.45) is 0 Å². The molecule has 0 aromatic heterocycles. The molecule has 0 N–H and O–H groups in total. The van der Waals surface area contributed by atoms with Crippen LogP contribution in [0.25, 0.3) is 0 Å². The van der Waals surface area contributed by atoms with E-state index in [9.17, 15) is 8.42 Å². The van der Waals surface area contributed by atoms with Gasteiger partial charge in [-0.3, -0.25) is 0 Å². The molecule has 0 saturated carbocycles. The van der Waals surface area contributed by atoms with Crippen molar-refractivity contribution in [1.29, 1.82) is 0 Å². The number of sulfone groups is 1. The number of unbranched alkanes of at least 4 members (excludes halogenated alkanes) is 2. The zero-order chi connectivity index (χ0) is 10.3. The van der Waals surface area contributed by atoms with Crippen molar-refractivity contribution in [3.05, 3.63) is 0 Å². The van der Waals surface area contributed by atoms with Gasteiger partial charge in [-0.1, -0.05) is 49.0 Å². The highest BCUT2D eigenvalue weighted by atomic mass is 79.9. The Morgan fingerprint density at radius 3 is 2.15 bits per heavy atom. The number of hydrogen-bond acceptors (Lipinski definition) is 2. The summed E-state index contributed by atoms with van der Waals surface area (Å²) >= 11 is 3.24. The topological polar surface area (TPSA) is 34.1 Å². The second-order valence-corrected chi connectivity index (χ2v) is 7.29. The Hall–Kier alpha value is 0.430. The van der Waals surface area contributed by atoms with Gasteiger partial charge in [-0.15, -0.1) is 0 Å². The predicted molar refractivity (Wildman–Crippen MR) is 60.9 cm³/mol. The molecule has 0 aromatic carbocycles. The second-order valence-electron chi connectivity index (χ2n) is 3.27. The molecule has 13 heavy (non-hydrogen) atoms. The van der Waals surface area contributed by atoms with Gasteiger partial charge in [-0.25, -0.2) is 8.42 Å². The van der Waals surface area contributed by atoms with E-state index in [2.05, 4.69) is 22.9 Å². The SMILES string of the molecule is CCCCC(Br)S(=O)(=O)CCCC. The van der Waals surface area contributed by atoms with E-state index < -0.39 is 9.84 Å². The van der Waals surface area contributed by atoms with Crippen LogP contribution in [0.3, 0.4) is 0 Å². The van der Waals surface area contributed by atoms with Crippen LogP contribution in [0, 0.1) is 0 Å². The molecule has 0 rings (SSSR count). The fourth-order valence-corrected chi connectivity index (χ4v) is 3.37. The first-order valence-electron chi connectivity index (χ1n) is 4.90. The number of alkyl halides is 1. The summed E-state index contributed by atoms with van der Waals surface area (Å²) in [6.07, 6.45) is 4.47. The highest BCUT2D eigenvalue weighted by Gasteiger charge is 2.20. The van der Waals surface area contributed by atoms with Gasteiger partial charge in [-0.05, 0) is 12.8 Å². The van der Waals surface area contributed by atoms with Crippen LogP contribution < -0.4 is 0 Å². The van der Waals surface area contributed by atoms with Gasteiger partial charge in [0.1, 0.15) is 4.16 Å². The van der Waals surface area contributed by atoms with E-state index in [1.54, 1.807) is 0 Å². The quantitative estimate of drug-likeness (QED) is 0.667. The van der Waals surface area contributed by atoms with Crippen LogP contribution in [0.5, 0.6) is 0 Å². The van der Waals surface area contributed by atoms with Gasteiger partial charge in [0.15, 0.2) is 9.84 Å². The van der Waals surface area contributed by atoms with Gasteiger partial charge in [0.25, 0.3) is 0 Å².